The van der Waals surface area contributed by atoms with Gasteiger partial charge in [-0.3, -0.25) is 10.1 Å². The molecule has 3 aromatic carbocycles. The van der Waals surface area contributed by atoms with Gasteiger partial charge < -0.3 is 9.47 Å². The summed E-state index contributed by atoms with van der Waals surface area (Å²) >= 11 is 0. The average molecular weight is 607 g/mol. The van der Waals surface area contributed by atoms with Crippen LogP contribution in [0.25, 0.3) is 0 Å². The van der Waals surface area contributed by atoms with Gasteiger partial charge in [0, 0.05) is 12.1 Å². The topological polar surface area (TPSA) is 125 Å². The van der Waals surface area contributed by atoms with Crippen LogP contribution in [0, 0.1) is 17.0 Å². The number of sulfonamides is 1. The maximum atomic E-state index is 14.6. The van der Waals surface area contributed by atoms with Crippen molar-refractivity contribution in [1.82, 2.24) is 4.72 Å². The summed E-state index contributed by atoms with van der Waals surface area (Å²) < 4.78 is 83.7. The smallest absolute Gasteiger partial charge is 0.417 e. The quantitative estimate of drug-likeness (QED) is 0.0559. The standard InChI is InChI=1S/C29H29F3N2O7S/c1-4-6-17-40-25-18-23(24(10-5-2)33-42(38,39)22-15-13-20(14-16-22)34(36)37)27(29(30,31)32)19(3)26(25)28(35)41-21-11-8-7-9-12-21/h5,7-9,11-16,18,24,33H,2,4,6,10,17H2,1,3H3. The Morgan fingerprint density at radius 3 is 2.33 bits per heavy atom. The van der Waals surface area contributed by atoms with Crippen molar-refractivity contribution in [1.29, 1.82) is 0 Å². The van der Waals surface area contributed by atoms with Crippen LogP contribution in [0.3, 0.4) is 0 Å². The Labute approximate surface area is 241 Å². The lowest BCUT2D eigenvalue weighted by Gasteiger charge is -2.26. The van der Waals surface area contributed by atoms with E-state index >= 15 is 0 Å². The number of nitrogens with zero attached hydrogens (tertiary/aromatic N) is 1. The molecule has 0 saturated carbocycles. The number of unbranched alkanes of at least 4 members (excludes halogenated alkanes) is 1. The van der Waals surface area contributed by atoms with E-state index in [2.05, 4.69) is 11.3 Å². The van der Waals surface area contributed by atoms with Gasteiger partial charge in [-0.25, -0.2) is 17.9 Å². The monoisotopic (exact) mass is 606 g/mol. The molecule has 1 unspecified atom stereocenters. The molecule has 0 aromatic heterocycles. The molecule has 1 atom stereocenters. The molecule has 0 saturated heterocycles. The fourth-order valence-electron chi connectivity index (χ4n) is 4.21. The molecule has 3 aromatic rings. The van der Waals surface area contributed by atoms with E-state index in [-0.39, 0.29) is 30.2 Å². The summed E-state index contributed by atoms with van der Waals surface area (Å²) in [4.78, 5) is 23.1. The van der Waals surface area contributed by atoms with Crippen LogP contribution in [0.15, 0.2) is 78.2 Å². The molecule has 1 N–H and O–H groups in total. The lowest BCUT2D eigenvalue weighted by atomic mass is 9.90. The van der Waals surface area contributed by atoms with Crippen molar-refractivity contribution >= 4 is 21.7 Å². The predicted octanol–water partition coefficient (Wildman–Crippen LogP) is 6.92. The van der Waals surface area contributed by atoms with Crippen molar-refractivity contribution in [2.75, 3.05) is 6.61 Å². The number of nitro benzene ring substituents is 1. The SMILES string of the molecule is C=CCC(NS(=O)(=O)c1ccc([N+](=O)[O-])cc1)c1cc(OCCCC)c(C(=O)Oc2ccccc2)c(C)c1C(F)(F)F. The number of para-hydroxylation sites is 1. The van der Waals surface area contributed by atoms with E-state index in [1.54, 1.807) is 18.2 Å². The first-order valence-corrected chi connectivity index (χ1v) is 14.3. The molecule has 42 heavy (non-hydrogen) atoms. The number of halogens is 3. The number of ether oxygens (including phenoxy) is 2. The first-order chi connectivity index (χ1) is 19.8. The molecule has 0 fully saturated rings. The third-order valence-electron chi connectivity index (χ3n) is 6.20. The highest BCUT2D eigenvalue weighted by Crippen LogP contribution is 2.43. The minimum atomic E-state index is -5.01. The second kappa shape index (κ2) is 13.6. The molecule has 0 heterocycles. The van der Waals surface area contributed by atoms with Gasteiger partial charge in [-0.1, -0.05) is 37.6 Å². The largest absolute Gasteiger partial charge is 0.493 e. The third-order valence-corrected chi connectivity index (χ3v) is 7.69. The molecule has 0 bridgehead atoms. The van der Waals surface area contributed by atoms with Crippen molar-refractivity contribution in [2.45, 2.75) is 50.2 Å². The highest BCUT2D eigenvalue weighted by atomic mass is 32.2. The lowest BCUT2D eigenvalue weighted by molar-refractivity contribution is -0.384. The summed E-state index contributed by atoms with van der Waals surface area (Å²) in [7, 11) is -4.47. The van der Waals surface area contributed by atoms with Crippen LogP contribution in [-0.2, 0) is 16.2 Å². The Kier molecular flexibility index (Phi) is 10.5. The molecule has 9 nitrogen and oxygen atoms in total. The highest BCUT2D eigenvalue weighted by Gasteiger charge is 2.41. The second-order valence-corrected chi connectivity index (χ2v) is 10.9. The number of nitro groups is 1. The summed E-state index contributed by atoms with van der Waals surface area (Å²) in [6, 6.07) is 11.2. The number of alkyl halides is 3. The first kappa shape index (κ1) is 32.3. The number of carbonyl (C=O) groups is 1. The van der Waals surface area contributed by atoms with Gasteiger partial charge in [0.2, 0.25) is 10.0 Å². The zero-order valence-corrected chi connectivity index (χ0v) is 23.6. The molecular formula is C29H29F3N2O7S. The van der Waals surface area contributed by atoms with Crippen LogP contribution < -0.4 is 14.2 Å². The van der Waals surface area contributed by atoms with Crippen LogP contribution in [0.2, 0.25) is 0 Å². The predicted molar refractivity (Wildman–Crippen MR) is 149 cm³/mol. The summed E-state index contributed by atoms with van der Waals surface area (Å²) in [6.07, 6.45) is -2.80. The van der Waals surface area contributed by atoms with E-state index < -0.39 is 60.3 Å². The molecule has 0 radical (unpaired) electrons. The van der Waals surface area contributed by atoms with Crippen LogP contribution in [0.5, 0.6) is 11.5 Å². The van der Waals surface area contributed by atoms with E-state index in [1.165, 1.54) is 18.2 Å². The highest BCUT2D eigenvalue weighted by molar-refractivity contribution is 7.89. The van der Waals surface area contributed by atoms with Crippen molar-refractivity contribution in [3.8, 4) is 11.5 Å². The summed E-state index contributed by atoms with van der Waals surface area (Å²) in [5.41, 5.74) is -3.03. The number of benzene rings is 3. The molecule has 224 valence electrons. The van der Waals surface area contributed by atoms with E-state index in [9.17, 15) is 36.5 Å². The molecule has 0 aliphatic rings. The van der Waals surface area contributed by atoms with E-state index in [0.717, 1.165) is 37.3 Å². The lowest BCUT2D eigenvalue weighted by Crippen LogP contribution is -2.31. The minimum absolute atomic E-state index is 0.0764. The molecule has 3 rings (SSSR count). The normalized spacial score (nSPS) is 12.4. The van der Waals surface area contributed by atoms with Gasteiger partial charge in [0.1, 0.15) is 17.1 Å². The van der Waals surface area contributed by atoms with Crippen LogP contribution >= 0.6 is 0 Å². The van der Waals surface area contributed by atoms with Crippen molar-refractivity contribution in [3.63, 3.8) is 0 Å². The van der Waals surface area contributed by atoms with Gasteiger partial charge in [-0.15, -0.1) is 6.58 Å². The molecule has 13 heteroatoms. The number of esters is 1. The number of nitrogens with one attached hydrogen (secondary N) is 1. The maximum absolute atomic E-state index is 14.6. The Morgan fingerprint density at radius 1 is 1.14 bits per heavy atom. The summed E-state index contributed by atoms with van der Waals surface area (Å²) in [6.45, 7) is 6.60. The number of non-ortho nitro benzene ring substituents is 1. The Morgan fingerprint density at radius 2 is 1.79 bits per heavy atom. The van der Waals surface area contributed by atoms with Gasteiger partial charge in [-0.05, 0) is 61.2 Å². The van der Waals surface area contributed by atoms with Crippen molar-refractivity contribution < 1.29 is 40.8 Å². The van der Waals surface area contributed by atoms with Crippen LogP contribution in [0.1, 0.15) is 59.3 Å². The third kappa shape index (κ3) is 7.74. The zero-order valence-electron chi connectivity index (χ0n) is 22.8. The Balaban J connectivity index is 2.18. The van der Waals surface area contributed by atoms with Crippen molar-refractivity contribution in [3.05, 3.63) is 106 Å². The van der Waals surface area contributed by atoms with E-state index in [0.29, 0.717) is 12.8 Å². The molecular weight excluding hydrogens is 577 g/mol. The number of hydrogen-bond donors (Lipinski definition) is 1. The number of carbonyl (C=O) groups excluding carboxylic acids is 1. The summed E-state index contributed by atoms with van der Waals surface area (Å²) in [5.74, 6) is -1.16. The number of rotatable bonds is 13. The van der Waals surface area contributed by atoms with Gasteiger partial charge in [-0.2, -0.15) is 13.2 Å². The second-order valence-electron chi connectivity index (χ2n) is 9.19. The number of hydrogen-bond acceptors (Lipinski definition) is 7. The zero-order chi connectivity index (χ0) is 31.1. The fraction of sp³-hybridized carbons (Fsp3) is 0.276. The van der Waals surface area contributed by atoms with E-state index in [1.807, 2.05) is 6.92 Å². The van der Waals surface area contributed by atoms with Gasteiger partial charge in [0.05, 0.1) is 28.0 Å². The Bertz CT molecular complexity index is 1540. The molecule has 0 spiro atoms. The average Bonchev–Trinajstić information content (AvgIpc) is 2.92. The minimum Gasteiger partial charge on any atom is -0.493 e. The van der Waals surface area contributed by atoms with Gasteiger partial charge in [0.25, 0.3) is 5.69 Å². The molecule has 0 amide bonds. The Hall–Kier alpha value is -4.23. The van der Waals surface area contributed by atoms with Gasteiger partial charge >= 0.3 is 12.1 Å². The molecule has 0 aliphatic carbocycles. The van der Waals surface area contributed by atoms with Crippen molar-refractivity contribution in [2.24, 2.45) is 0 Å². The fourth-order valence-corrected chi connectivity index (χ4v) is 5.44. The van der Waals surface area contributed by atoms with E-state index in [4.69, 9.17) is 9.47 Å². The van der Waals surface area contributed by atoms with Gasteiger partial charge in [0.15, 0.2) is 0 Å². The van der Waals surface area contributed by atoms with Crippen LogP contribution in [-0.4, -0.2) is 25.9 Å². The maximum Gasteiger partial charge on any atom is 0.417 e. The first-order valence-electron chi connectivity index (χ1n) is 12.8. The molecule has 0 aliphatic heterocycles. The summed E-state index contributed by atoms with van der Waals surface area (Å²) in [5, 5.41) is 11.0. The van der Waals surface area contributed by atoms with Crippen LogP contribution in [0.4, 0.5) is 18.9 Å².